The maximum atomic E-state index is 11.0. The summed E-state index contributed by atoms with van der Waals surface area (Å²) in [6.45, 7) is 0. The molecule has 0 heterocycles. The van der Waals surface area contributed by atoms with Gasteiger partial charge in [-0.1, -0.05) is 0 Å². The van der Waals surface area contributed by atoms with E-state index in [0.717, 1.165) is 0 Å². The summed E-state index contributed by atoms with van der Waals surface area (Å²) in [4.78, 5) is 0. The van der Waals surface area contributed by atoms with Crippen LogP contribution in [0.4, 0.5) is 13.2 Å². The largest absolute Gasteiger partial charge is 1.00 e. The van der Waals surface area contributed by atoms with Crippen LogP contribution in [-0.2, 0) is 9.84 Å². The minimum atomic E-state index is -5.09. The van der Waals surface area contributed by atoms with Gasteiger partial charge in [0.1, 0.15) is 0 Å². The van der Waals surface area contributed by atoms with E-state index in [-0.39, 0.29) is 26.5 Å². The summed E-state index contributed by atoms with van der Waals surface area (Å²) in [6, 6.07) is 0. The second-order valence-corrected chi connectivity index (χ2v) is 3.23. The third kappa shape index (κ3) is 3.84. The van der Waals surface area contributed by atoms with Crippen LogP contribution in [0, 0.1) is 0 Å². The number of alkyl halides is 3. The number of hydrogen-bond donors (Lipinski definition) is 0. The van der Waals surface area contributed by atoms with Crippen LogP contribution < -0.4 is 18.9 Å². The van der Waals surface area contributed by atoms with Crippen LogP contribution in [0.3, 0.4) is 0 Å². The molecule has 0 bridgehead atoms. The molecular weight excluding hydrogens is 152 g/mol. The molecule has 0 aliphatic carbocycles. The van der Waals surface area contributed by atoms with Crippen molar-refractivity contribution in [2.75, 3.05) is 6.26 Å². The molecule has 0 aromatic heterocycles. The average Bonchev–Trinajstić information content (AvgIpc) is 1.25. The van der Waals surface area contributed by atoms with Gasteiger partial charge in [0, 0.05) is 6.26 Å². The quantitative estimate of drug-likeness (QED) is 0.368. The summed E-state index contributed by atoms with van der Waals surface area (Å²) in [7, 11) is -4.84. The SMILES string of the molecule is CS(=O)(=O)C(F)(F)F.[H-].[Li+]. The molecule has 0 aromatic carbocycles. The van der Waals surface area contributed by atoms with E-state index in [9.17, 15) is 21.6 Å². The molecule has 0 atom stereocenters. The van der Waals surface area contributed by atoms with Crippen LogP contribution >= 0.6 is 0 Å². The first kappa shape index (κ1) is 12.1. The molecule has 0 N–H and O–H groups in total. The van der Waals surface area contributed by atoms with Crippen molar-refractivity contribution in [2.24, 2.45) is 0 Å². The maximum Gasteiger partial charge on any atom is 1.00 e. The summed E-state index contributed by atoms with van der Waals surface area (Å²) in [6.07, 6.45) is 0.118. The zero-order valence-corrected chi connectivity index (χ0v) is 5.68. The van der Waals surface area contributed by atoms with Gasteiger partial charge in [-0.25, -0.2) is 8.42 Å². The Balaban J connectivity index is -0.000000245. The Labute approximate surface area is 64.0 Å². The Morgan fingerprint density at radius 3 is 1.44 bits per heavy atom. The van der Waals surface area contributed by atoms with E-state index in [1.54, 1.807) is 0 Å². The number of sulfone groups is 1. The van der Waals surface area contributed by atoms with Gasteiger partial charge in [0.15, 0.2) is 0 Å². The number of hydrogen-bond acceptors (Lipinski definition) is 2. The standard InChI is InChI=1S/C2H3F3O2S.Li.H/c1-8(6,7)2(3,4)5;;/h1H3;;/q;+1;-1. The van der Waals surface area contributed by atoms with Gasteiger partial charge in [-0.2, -0.15) is 13.2 Å². The summed E-state index contributed by atoms with van der Waals surface area (Å²) in [5, 5.41) is 0. The van der Waals surface area contributed by atoms with E-state index in [2.05, 4.69) is 0 Å². The first-order valence-corrected chi connectivity index (χ1v) is 3.40. The van der Waals surface area contributed by atoms with Crippen LogP contribution in [0.5, 0.6) is 0 Å². The van der Waals surface area contributed by atoms with Crippen LogP contribution in [0.2, 0.25) is 0 Å². The normalized spacial score (nSPS) is 12.4. The molecule has 0 fully saturated rings. The van der Waals surface area contributed by atoms with Crippen molar-refractivity contribution in [1.82, 2.24) is 0 Å². The van der Waals surface area contributed by atoms with Gasteiger partial charge in [-0.3, -0.25) is 0 Å². The summed E-state index contributed by atoms with van der Waals surface area (Å²) in [5.74, 6) is 0. The van der Waals surface area contributed by atoms with Crippen molar-refractivity contribution in [3.8, 4) is 0 Å². The van der Waals surface area contributed by atoms with Crippen molar-refractivity contribution in [1.29, 1.82) is 0 Å². The van der Waals surface area contributed by atoms with E-state index >= 15 is 0 Å². The summed E-state index contributed by atoms with van der Waals surface area (Å²) in [5.41, 5.74) is -5.09. The molecule has 0 unspecified atom stereocenters. The Hall–Kier alpha value is 0.337. The van der Waals surface area contributed by atoms with Gasteiger partial charge in [0.25, 0.3) is 0 Å². The van der Waals surface area contributed by atoms with Crippen LogP contribution in [0.15, 0.2) is 0 Å². The molecular formula is C2H4F3LiO2S. The molecule has 0 saturated carbocycles. The Kier molecular flexibility index (Phi) is 3.95. The van der Waals surface area contributed by atoms with Crippen molar-refractivity contribution >= 4 is 9.84 Å². The third-order valence-corrected chi connectivity index (χ3v) is 1.26. The maximum absolute atomic E-state index is 11.0. The van der Waals surface area contributed by atoms with Gasteiger partial charge in [-0.05, 0) is 0 Å². The smallest absolute Gasteiger partial charge is 1.00 e. The molecule has 9 heavy (non-hydrogen) atoms. The molecule has 0 amide bonds. The minimum Gasteiger partial charge on any atom is -1.00 e. The molecule has 2 nitrogen and oxygen atoms in total. The fourth-order valence-corrected chi connectivity index (χ4v) is 0. The molecule has 0 aliphatic rings. The molecule has 52 valence electrons. The van der Waals surface area contributed by atoms with Gasteiger partial charge in [0.2, 0.25) is 9.84 Å². The van der Waals surface area contributed by atoms with Gasteiger partial charge in [0.05, 0.1) is 0 Å². The van der Waals surface area contributed by atoms with Crippen molar-refractivity contribution in [3.05, 3.63) is 0 Å². The molecule has 0 saturated heterocycles. The second-order valence-electron chi connectivity index (χ2n) is 1.22. The monoisotopic (exact) mass is 156 g/mol. The number of rotatable bonds is 0. The first-order chi connectivity index (χ1) is 3.25. The van der Waals surface area contributed by atoms with E-state index < -0.39 is 15.3 Å². The Morgan fingerprint density at radius 2 is 1.44 bits per heavy atom. The van der Waals surface area contributed by atoms with E-state index in [1.165, 1.54) is 0 Å². The molecule has 7 heteroatoms. The van der Waals surface area contributed by atoms with Gasteiger partial charge in [-0.15, -0.1) is 0 Å². The van der Waals surface area contributed by atoms with Crippen molar-refractivity contribution < 1.29 is 41.9 Å². The third-order valence-electron chi connectivity index (χ3n) is 0.420. The molecule has 0 aromatic rings. The van der Waals surface area contributed by atoms with E-state index in [0.29, 0.717) is 0 Å². The van der Waals surface area contributed by atoms with Crippen LogP contribution in [0.25, 0.3) is 0 Å². The fourth-order valence-electron chi connectivity index (χ4n) is 0. The molecule has 0 radical (unpaired) electrons. The van der Waals surface area contributed by atoms with Gasteiger partial charge < -0.3 is 1.43 Å². The minimum absolute atomic E-state index is 0. The summed E-state index contributed by atoms with van der Waals surface area (Å²) >= 11 is 0. The van der Waals surface area contributed by atoms with Crippen LogP contribution in [0.1, 0.15) is 1.43 Å². The second kappa shape index (κ2) is 2.95. The fraction of sp³-hybridized carbons (Fsp3) is 1.00. The summed E-state index contributed by atoms with van der Waals surface area (Å²) < 4.78 is 52.0. The Bertz CT molecular complexity index is 173. The molecule has 0 aliphatic heterocycles. The molecule has 0 spiro atoms. The zero-order chi connectivity index (χ0) is 7.00. The first-order valence-electron chi connectivity index (χ1n) is 1.51. The number of halogens is 3. The van der Waals surface area contributed by atoms with Crippen LogP contribution in [-0.4, -0.2) is 20.2 Å². The zero-order valence-electron chi connectivity index (χ0n) is 5.86. The topological polar surface area (TPSA) is 34.1 Å². The predicted molar refractivity (Wildman–Crippen MR) is 22.0 cm³/mol. The van der Waals surface area contributed by atoms with Crippen molar-refractivity contribution in [3.63, 3.8) is 0 Å². The van der Waals surface area contributed by atoms with Crippen molar-refractivity contribution in [2.45, 2.75) is 5.51 Å². The van der Waals surface area contributed by atoms with Gasteiger partial charge >= 0.3 is 24.4 Å². The predicted octanol–water partition coefficient (Wildman–Crippen LogP) is -2.33. The van der Waals surface area contributed by atoms with E-state index in [1.807, 2.05) is 0 Å². The average molecular weight is 156 g/mol. The molecule has 0 rings (SSSR count). The van der Waals surface area contributed by atoms with E-state index in [4.69, 9.17) is 0 Å². The Morgan fingerprint density at radius 1 is 1.33 bits per heavy atom.